The molecule has 0 aromatic heterocycles. The summed E-state index contributed by atoms with van der Waals surface area (Å²) in [6.07, 6.45) is 5.88. The minimum atomic E-state index is -0.902. The van der Waals surface area contributed by atoms with E-state index in [2.05, 4.69) is 0 Å². The molecule has 0 bridgehead atoms. The molecule has 6 nitrogen and oxygen atoms in total. The van der Waals surface area contributed by atoms with E-state index in [1.807, 2.05) is 48.5 Å². The van der Waals surface area contributed by atoms with E-state index in [4.69, 9.17) is 15.2 Å². The maximum Gasteiger partial charge on any atom is 0.412 e. The maximum atomic E-state index is 13.1. The molecule has 2 N–H and O–H groups in total. The first-order chi connectivity index (χ1) is 12.7. The van der Waals surface area contributed by atoms with E-state index in [9.17, 15) is 9.59 Å². The van der Waals surface area contributed by atoms with Crippen molar-refractivity contribution < 1.29 is 19.1 Å². The first kappa shape index (κ1) is 23.1. The molecule has 2 fully saturated rings. The Bertz CT molecular complexity index is 568. The van der Waals surface area contributed by atoms with E-state index in [1.165, 1.54) is 19.3 Å². The lowest BCUT2D eigenvalue weighted by molar-refractivity contribution is -0.137. The molecule has 0 unspecified atom stereocenters. The van der Waals surface area contributed by atoms with Gasteiger partial charge in [0.1, 0.15) is 17.4 Å². The fraction of sp³-hybridized carbons (Fsp3) is 0.909. The number of hydrogen-bond donors (Lipinski definition) is 1. The Morgan fingerprint density at radius 2 is 1.68 bits per heavy atom. The molecule has 1 amide bonds. The molecule has 0 aromatic carbocycles. The number of nitrogens with two attached hydrogens (primary N) is 1. The number of ketones is 1. The van der Waals surface area contributed by atoms with Gasteiger partial charge in [0, 0.05) is 12.0 Å². The third-order valence-corrected chi connectivity index (χ3v) is 5.51. The Hall–Kier alpha value is -1.14. The highest BCUT2D eigenvalue weighted by molar-refractivity contribution is 5.86. The van der Waals surface area contributed by atoms with Crippen LogP contribution in [0, 0.1) is 5.92 Å². The zero-order chi connectivity index (χ0) is 21.3. The topological polar surface area (TPSA) is 81.9 Å². The summed E-state index contributed by atoms with van der Waals surface area (Å²) in [4.78, 5) is 27.8. The predicted molar refractivity (Wildman–Crippen MR) is 110 cm³/mol. The van der Waals surface area contributed by atoms with E-state index in [0.717, 1.165) is 19.3 Å². The number of amides is 1. The van der Waals surface area contributed by atoms with Crippen molar-refractivity contribution >= 4 is 11.9 Å². The molecule has 0 radical (unpaired) electrons. The van der Waals surface area contributed by atoms with Crippen LogP contribution in [-0.2, 0) is 14.3 Å². The van der Waals surface area contributed by atoms with Gasteiger partial charge >= 0.3 is 6.09 Å². The van der Waals surface area contributed by atoms with Crippen molar-refractivity contribution in [2.45, 2.75) is 122 Å². The van der Waals surface area contributed by atoms with Crippen LogP contribution in [-0.4, -0.2) is 45.8 Å². The molecule has 0 aromatic rings. The first-order valence-corrected chi connectivity index (χ1v) is 10.7. The standard InChI is InChI=1S/C22H40N2O4/c1-20(2,3)28-19(26)24-16(13-15-11-9-8-10-12-15)18(27-22(24,6)7)17(25)14-21(4,5)23/h15-16,18H,8-14,23H2,1-7H3/t16-,18+/m0/s1. The van der Waals surface area contributed by atoms with Crippen LogP contribution in [0.5, 0.6) is 0 Å². The van der Waals surface area contributed by atoms with Crippen molar-refractivity contribution in [3.63, 3.8) is 0 Å². The molecule has 1 saturated heterocycles. The second kappa shape index (κ2) is 8.31. The van der Waals surface area contributed by atoms with Gasteiger partial charge in [-0.05, 0) is 60.8 Å². The molecule has 1 heterocycles. The fourth-order valence-corrected chi connectivity index (χ4v) is 4.47. The Labute approximate surface area is 170 Å². The molecular formula is C22H40N2O4. The highest BCUT2D eigenvalue weighted by Gasteiger charge is 2.54. The summed E-state index contributed by atoms with van der Waals surface area (Å²) in [7, 11) is 0. The van der Waals surface area contributed by atoms with Crippen LogP contribution in [0.4, 0.5) is 4.79 Å². The number of carbonyl (C=O) groups excluding carboxylic acids is 2. The molecule has 1 aliphatic carbocycles. The monoisotopic (exact) mass is 396 g/mol. The summed E-state index contributed by atoms with van der Waals surface area (Å²) < 4.78 is 11.9. The highest BCUT2D eigenvalue weighted by Crippen LogP contribution is 2.40. The zero-order valence-electron chi connectivity index (χ0n) is 18.8. The van der Waals surface area contributed by atoms with Crippen LogP contribution in [0.15, 0.2) is 0 Å². The largest absolute Gasteiger partial charge is 0.444 e. The van der Waals surface area contributed by atoms with Gasteiger partial charge in [-0.1, -0.05) is 32.1 Å². The van der Waals surface area contributed by atoms with Crippen LogP contribution >= 0.6 is 0 Å². The summed E-state index contributed by atoms with van der Waals surface area (Å²) in [6.45, 7) is 12.9. The lowest BCUT2D eigenvalue weighted by Gasteiger charge is -2.36. The van der Waals surface area contributed by atoms with E-state index in [1.54, 1.807) is 4.90 Å². The lowest BCUT2D eigenvalue weighted by atomic mass is 9.82. The van der Waals surface area contributed by atoms with Crippen molar-refractivity contribution in [1.82, 2.24) is 4.90 Å². The van der Waals surface area contributed by atoms with E-state index in [-0.39, 0.29) is 18.2 Å². The van der Waals surface area contributed by atoms with Gasteiger partial charge in [-0.3, -0.25) is 9.69 Å². The van der Waals surface area contributed by atoms with Gasteiger partial charge in [0.15, 0.2) is 5.78 Å². The minimum absolute atomic E-state index is 0.0348. The second-order valence-electron chi connectivity index (χ2n) is 10.8. The van der Waals surface area contributed by atoms with Crippen molar-refractivity contribution in [1.29, 1.82) is 0 Å². The number of nitrogens with zero attached hydrogens (tertiary/aromatic N) is 1. The van der Waals surface area contributed by atoms with Gasteiger partial charge < -0.3 is 15.2 Å². The third-order valence-electron chi connectivity index (χ3n) is 5.51. The summed E-state index contributed by atoms with van der Waals surface area (Å²) in [5.41, 5.74) is 3.98. The number of Topliss-reactive ketones (excluding diaryl/α,β-unsaturated/α-hetero) is 1. The number of rotatable bonds is 5. The fourth-order valence-electron chi connectivity index (χ4n) is 4.47. The Morgan fingerprint density at radius 3 is 2.18 bits per heavy atom. The summed E-state index contributed by atoms with van der Waals surface area (Å²) in [5, 5.41) is 0. The normalized spacial score (nSPS) is 26.4. The molecule has 162 valence electrons. The predicted octanol–water partition coefficient (Wildman–Crippen LogP) is 4.39. The van der Waals surface area contributed by atoms with Crippen LogP contribution in [0.25, 0.3) is 0 Å². The maximum absolute atomic E-state index is 13.1. The van der Waals surface area contributed by atoms with Crippen molar-refractivity contribution in [3.8, 4) is 0 Å². The van der Waals surface area contributed by atoms with Gasteiger partial charge in [0.05, 0.1) is 6.04 Å². The number of carbonyl (C=O) groups is 2. The molecule has 28 heavy (non-hydrogen) atoms. The Morgan fingerprint density at radius 1 is 1.11 bits per heavy atom. The average Bonchev–Trinajstić information content (AvgIpc) is 2.76. The van der Waals surface area contributed by atoms with Gasteiger partial charge in [-0.25, -0.2) is 4.79 Å². The highest BCUT2D eigenvalue weighted by atomic mass is 16.6. The molecule has 6 heteroatoms. The van der Waals surface area contributed by atoms with Gasteiger partial charge in [-0.15, -0.1) is 0 Å². The van der Waals surface area contributed by atoms with E-state index < -0.39 is 29.1 Å². The average molecular weight is 397 g/mol. The van der Waals surface area contributed by atoms with Crippen LogP contribution in [0.3, 0.4) is 0 Å². The quantitative estimate of drug-likeness (QED) is 0.745. The summed E-state index contributed by atoms with van der Waals surface area (Å²) in [6, 6.07) is -0.317. The lowest BCUT2D eigenvalue weighted by Crippen LogP contribution is -2.51. The van der Waals surface area contributed by atoms with Crippen molar-refractivity contribution in [2.24, 2.45) is 11.7 Å². The molecule has 1 aliphatic heterocycles. The van der Waals surface area contributed by atoms with Crippen LogP contribution in [0.1, 0.15) is 93.4 Å². The van der Waals surface area contributed by atoms with Crippen molar-refractivity contribution in [2.75, 3.05) is 0 Å². The molecule has 2 rings (SSSR count). The van der Waals surface area contributed by atoms with E-state index in [0.29, 0.717) is 5.92 Å². The van der Waals surface area contributed by atoms with Gasteiger partial charge in [0.25, 0.3) is 0 Å². The minimum Gasteiger partial charge on any atom is -0.444 e. The molecule has 2 atom stereocenters. The van der Waals surface area contributed by atoms with Crippen molar-refractivity contribution in [3.05, 3.63) is 0 Å². The molecule has 2 aliphatic rings. The molecule has 0 spiro atoms. The van der Waals surface area contributed by atoms with Gasteiger partial charge in [0.2, 0.25) is 0 Å². The third kappa shape index (κ3) is 6.18. The Balaban J connectivity index is 2.30. The summed E-state index contributed by atoms with van der Waals surface area (Å²) in [5.74, 6) is 0.467. The zero-order valence-corrected chi connectivity index (χ0v) is 18.8. The van der Waals surface area contributed by atoms with E-state index >= 15 is 0 Å². The second-order valence-corrected chi connectivity index (χ2v) is 10.8. The van der Waals surface area contributed by atoms with Crippen LogP contribution < -0.4 is 5.73 Å². The number of ether oxygens (including phenoxy) is 2. The van der Waals surface area contributed by atoms with Crippen LogP contribution in [0.2, 0.25) is 0 Å². The smallest absolute Gasteiger partial charge is 0.412 e. The SMILES string of the molecule is CC(C)(N)CC(=O)[C@@H]1OC(C)(C)N(C(=O)OC(C)(C)C)[C@H]1CC1CCCCC1. The molecular weight excluding hydrogens is 356 g/mol. The molecule has 1 saturated carbocycles. The first-order valence-electron chi connectivity index (χ1n) is 10.7. The van der Waals surface area contributed by atoms with Gasteiger partial charge in [-0.2, -0.15) is 0 Å². The summed E-state index contributed by atoms with van der Waals surface area (Å²) >= 11 is 0. The Kier molecular flexibility index (Phi) is 6.87. The number of hydrogen-bond acceptors (Lipinski definition) is 5.